The Morgan fingerprint density at radius 2 is 2.31 bits per heavy atom. The van der Waals surface area contributed by atoms with E-state index in [1.165, 1.54) is 22.6 Å². The molecule has 16 heavy (non-hydrogen) atoms. The average molecular weight is 239 g/mol. The zero-order valence-corrected chi connectivity index (χ0v) is 10.8. The molecule has 1 aliphatic rings. The Bertz CT molecular complexity index is 409. The summed E-state index contributed by atoms with van der Waals surface area (Å²) in [4.78, 5) is 17.2. The molecular formula is C12H17NO2S. The van der Waals surface area contributed by atoms with Crippen molar-refractivity contribution in [2.75, 3.05) is 6.61 Å². The van der Waals surface area contributed by atoms with E-state index in [4.69, 9.17) is 4.74 Å². The molecule has 1 heterocycles. The summed E-state index contributed by atoms with van der Waals surface area (Å²) < 4.78 is 4.97. The molecule has 0 unspecified atom stereocenters. The van der Waals surface area contributed by atoms with Gasteiger partial charge in [0.25, 0.3) is 0 Å². The molecule has 1 aliphatic carbocycles. The number of hydrogen-bond donors (Lipinski definition) is 0. The SMILES string of the molecule is CCOC(=O)c1nc2c(s1)CCC(C)(C)C2. The van der Waals surface area contributed by atoms with Crippen LogP contribution in [0.3, 0.4) is 0 Å². The fraction of sp³-hybridized carbons (Fsp3) is 0.667. The predicted molar refractivity (Wildman–Crippen MR) is 63.9 cm³/mol. The largest absolute Gasteiger partial charge is 0.461 e. The highest BCUT2D eigenvalue weighted by atomic mass is 32.1. The number of carbonyl (C=O) groups excluding carboxylic acids is 1. The van der Waals surface area contributed by atoms with E-state index < -0.39 is 0 Å². The minimum Gasteiger partial charge on any atom is -0.461 e. The van der Waals surface area contributed by atoms with Crippen molar-refractivity contribution < 1.29 is 9.53 Å². The number of hydrogen-bond acceptors (Lipinski definition) is 4. The monoisotopic (exact) mass is 239 g/mol. The molecule has 1 aromatic rings. The third-order valence-electron chi connectivity index (χ3n) is 2.90. The van der Waals surface area contributed by atoms with Crippen LogP contribution in [0, 0.1) is 5.41 Å². The van der Waals surface area contributed by atoms with Gasteiger partial charge in [-0.3, -0.25) is 0 Å². The van der Waals surface area contributed by atoms with Crippen molar-refractivity contribution >= 4 is 17.3 Å². The van der Waals surface area contributed by atoms with E-state index in [0.717, 1.165) is 18.5 Å². The summed E-state index contributed by atoms with van der Waals surface area (Å²) in [6.45, 7) is 6.72. The van der Waals surface area contributed by atoms with Crippen molar-refractivity contribution in [2.24, 2.45) is 5.41 Å². The van der Waals surface area contributed by atoms with Crippen LogP contribution < -0.4 is 0 Å². The van der Waals surface area contributed by atoms with Crippen LogP contribution in [0.5, 0.6) is 0 Å². The number of aromatic nitrogens is 1. The zero-order valence-electron chi connectivity index (χ0n) is 10.0. The third-order valence-corrected chi connectivity index (χ3v) is 4.04. The Balaban J connectivity index is 2.21. The topological polar surface area (TPSA) is 39.2 Å². The molecule has 88 valence electrons. The van der Waals surface area contributed by atoms with E-state index in [1.807, 2.05) is 6.92 Å². The molecule has 0 bridgehead atoms. The van der Waals surface area contributed by atoms with E-state index in [1.54, 1.807) is 0 Å². The first-order valence-corrected chi connectivity index (χ1v) is 6.49. The maximum absolute atomic E-state index is 11.5. The van der Waals surface area contributed by atoms with E-state index in [9.17, 15) is 4.79 Å². The van der Waals surface area contributed by atoms with Crippen LogP contribution in [0.4, 0.5) is 0 Å². The highest BCUT2D eigenvalue weighted by molar-refractivity contribution is 7.13. The van der Waals surface area contributed by atoms with Crippen LogP contribution in [0.25, 0.3) is 0 Å². The standard InChI is InChI=1S/C12H17NO2S/c1-4-15-11(14)10-13-8-7-12(2,3)6-5-9(8)16-10/h4-7H2,1-3H3. The first kappa shape index (κ1) is 11.6. The Morgan fingerprint density at radius 3 is 3.00 bits per heavy atom. The number of thiazole rings is 1. The Kier molecular flexibility index (Phi) is 3.02. The maximum atomic E-state index is 11.5. The van der Waals surface area contributed by atoms with Crippen LogP contribution >= 0.6 is 11.3 Å². The molecule has 0 amide bonds. The molecule has 4 heteroatoms. The minimum atomic E-state index is -0.278. The average Bonchev–Trinajstić information content (AvgIpc) is 2.59. The van der Waals surface area contributed by atoms with Gasteiger partial charge in [0.1, 0.15) is 0 Å². The highest BCUT2D eigenvalue weighted by Crippen LogP contribution is 2.36. The van der Waals surface area contributed by atoms with Crippen molar-refractivity contribution in [3.63, 3.8) is 0 Å². The number of fused-ring (bicyclic) bond motifs is 1. The fourth-order valence-electron chi connectivity index (χ4n) is 1.99. The number of aryl methyl sites for hydroxylation is 1. The van der Waals surface area contributed by atoms with Gasteiger partial charge in [-0.05, 0) is 31.6 Å². The van der Waals surface area contributed by atoms with Gasteiger partial charge in [-0.1, -0.05) is 13.8 Å². The van der Waals surface area contributed by atoms with Crippen molar-refractivity contribution in [2.45, 2.75) is 40.0 Å². The second-order valence-corrected chi connectivity index (χ2v) is 6.03. The highest BCUT2D eigenvalue weighted by Gasteiger charge is 2.29. The van der Waals surface area contributed by atoms with E-state index in [-0.39, 0.29) is 5.97 Å². The normalized spacial score (nSPS) is 17.9. The fourth-order valence-corrected chi connectivity index (χ4v) is 2.96. The quantitative estimate of drug-likeness (QED) is 0.745. The van der Waals surface area contributed by atoms with Crippen molar-refractivity contribution in [3.8, 4) is 0 Å². The van der Waals surface area contributed by atoms with Gasteiger partial charge in [0.05, 0.1) is 12.3 Å². The summed E-state index contributed by atoms with van der Waals surface area (Å²) in [6.07, 6.45) is 3.18. The summed E-state index contributed by atoms with van der Waals surface area (Å²) in [5.41, 5.74) is 1.41. The molecule has 0 fully saturated rings. The minimum absolute atomic E-state index is 0.278. The molecule has 3 nitrogen and oxygen atoms in total. The molecule has 0 saturated carbocycles. The number of nitrogens with zero attached hydrogens (tertiary/aromatic N) is 1. The Labute approximate surface area is 99.8 Å². The summed E-state index contributed by atoms with van der Waals surface area (Å²) in [5, 5.41) is 0.518. The number of esters is 1. The molecule has 2 rings (SSSR count). The van der Waals surface area contributed by atoms with E-state index >= 15 is 0 Å². The molecular weight excluding hydrogens is 222 g/mol. The van der Waals surface area contributed by atoms with Crippen molar-refractivity contribution in [3.05, 3.63) is 15.6 Å². The summed E-state index contributed by atoms with van der Waals surface area (Å²) in [5.74, 6) is -0.278. The molecule has 0 aromatic carbocycles. The van der Waals surface area contributed by atoms with Crippen LogP contribution in [-0.2, 0) is 17.6 Å². The smallest absolute Gasteiger partial charge is 0.367 e. The summed E-state index contributed by atoms with van der Waals surface area (Å²) >= 11 is 1.50. The van der Waals surface area contributed by atoms with E-state index in [0.29, 0.717) is 17.0 Å². The van der Waals surface area contributed by atoms with Gasteiger partial charge in [0, 0.05) is 4.88 Å². The lowest BCUT2D eigenvalue weighted by Crippen LogP contribution is -2.21. The Morgan fingerprint density at radius 1 is 1.56 bits per heavy atom. The Hall–Kier alpha value is -0.900. The molecule has 0 atom stereocenters. The van der Waals surface area contributed by atoms with Crippen LogP contribution in [0.15, 0.2) is 0 Å². The van der Waals surface area contributed by atoms with Crippen molar-refractivity contribution in [1.82, 2.24) is 4.98 Å². The third kappa shape index (κ3) is 2.26. The van der Waals surface area contributed by atoms with Crippen LogP contribution in [-0.4, -0.2) is 17.6 Å². The predicted octanol–water partition coefficient (Wildman–Crippen LogP) is 2.83. The summed E-state index contributed by atoms with van der Waals surface area (Å²) in [6, 6.07) is 0. The lowest BCUT2D eigenvalue weighted by molar-refractivity contribution is 0.0525. The number of carbonyl (C=O) groups is 1. The molecule has 1 aromatic heterocycles. The first-order valence-electron chi connectivity index (χ1n) is 5.67. The molecule has 0 radical (unpaired) electrons. The van der Waals surface area contributed by atoms with Gasteiger partial charge in [-0.15, -0.1) is 11.3 Å². The van der Waals surface area contributed by atoms with Crippen LogP contribution in [0.2, 0.25) is 0 Å². The molecule has 0 aliphatic heterocycles. The molecule has 0 saturated heterocycles. The number of ether oxygens (including phenoxy) is 1. The number of rotatable bonds is 2. The second-order valence-electron chi connectivity index (χ2n) is 4.95. The van der Waals surface area contributed by atoms with Crippen LogP contribution in [0.1, 0.15) is 47.6 Å². The maximum Gasteiger partial charge on any atom is 0.367 e. The lowest BCUT2D eigenvalue weighted by Gasteiger charge is -2.28. The molecule has 0 spiro atoms. The zero-order chi connectivity index (χ0) is 11.8. The van der Waals surface area contributed by atoms with Gasteiger partial charge in [0.15, 0.2) is 0 Å². The van der Waals surface area contributed by atoms with Gasteiger partial charge in [-0.2, -0.15) is 0 Å². The molecule has 0 N–H and O–H groups in total. The second kappa shape index (κ2) is 4.17. The lowest BCUT2D eigenvalue weighted by atomic mass is 9.79. The summed E-state index contributed by atoms with van der Waals surface area (Å²) in [7, 11) is 0. The van der Waals surface area contributed by atoms with Gasteiger partial charge >= 0.3 is 5.97 Å². The van der Waals surface area contributed by atoms with Crippen molar-refractivity contribution in [1.29, 1.82) is 0 Å². The first-order chi connectivity index (χ1) is 7.52. The van der Waals surface area contributed by atoms with Gasteiger partial charge in [0.2, 0.25) is 5.01 Å². The van der Waals surface area contributed by atoms with Gasteiger partial charge in [-0.25, -0.2) is 9.78 Å². The van der Waals surface area contributed by atoms with Gasteiger partial charge < -0.3 is 4.74 Å². The van der Waals surface area contributed by atoms with E-state index in [2.05, 4.69) is 18.8 Å².